The van der Waals surface area contributed by atoms with Gasteiger partial charge in [0.1, 0.15) is 0 Å². The van der Waals surface area contributed by atoms with Gasteiger partial charge in [0, 0.05) is 10.9 Å². The van der Waals surface area contributed by atoms with E-state index < -0.39 is 5.97 Å². The summed E-state index contributed by atoms with van der Waals surface area (Å²) in [5.74, 6) is -0.313. The van der Waals surface area contributed by atoms with Gasteiger partial charge in [-0.15, -0.1) is 11.6 Å². The second kappa shape index (κ2) is 6.56. The molecule has 0 bridgehead atoms. The predicted molar refractivity (Wildman–Crippen MR) is 67.2 cm³/mol. The number of halogens is 2. The fourth-order valence-electron chi connectivity index (χ4n) is 1.33. The molecule has 0 saturated heterocycles. The molecule has 2 nitrogen and oxygen atoms in total. The van der Waals surface area contributed by atoms with Crippen LogP contribution in [0.3, 0.4) is 0 Å². The molecule has 0 spiro atoms. The van der Waals surface area contributed by atoms with Gasteiger partial charge in [-0.25, -0.2) is 0 Å². The van der Waals surface area contributed by atoms with Crippen LogP contribution in [0.1, 0.15) is 17.5 Å². The molecule has 1 rings (SSSR count). The Labute approximate surface area is 104 Å². The van der Waals surface area contributed by atoms with Gasteiger partial charge >= 0.3 is 5.97 Å². The van der Waals surface area contributed by atoms with E-state index in [1.807, 2.05) is 18.2 Å². The number of hydrogen-bond acceptors (Lipinski definition) is 1. The third-order valence-electron chi connectivity index (χ3n) is 2.02. The molecule has 0 aromatic heterocycles. The summed E-state index contributed by atoms with van der Waals surface area (Å²) in [4.78, 5) is 10.7. The van der Waals surface area contributed by atoms with Crippen LogP contribution in [0.2, 0.25) is 5.02 Å². The van der Waals surface area contributed by atoms with E-state index in [2.05, 4.69) is 0 Å². The zero-order chi connectivity index (χ0) is 12.0. The van der Waals surface area contributed by atoms with Crippen LogP contribution in [0.25, 0.3) is 6.08 Å². The molecule has 0 fully saturated rings. The number of carboxylic acids is 1. The van der Waals surface area contributed by atoms with Crippen molar-refractivity contribution in [1.29, 1.82) is 0 Å². The maximum atomic E-state index is 10.7. The number of aliphatic carboxylic acids is 1. The highest BCUT2D eigenvalue weighted by molar-refractivity contribution is 6.30. The summed E-state index contributed by atoms with van der Waals surface area (Å²) in [6.45, 7) is 0. The van der Waals surface area contributed by atoms with Crippen LogP contribution in [-0.4, -0.2) is 17.0 Å². The first-order valence-electron chi connectivity index (χ1n) is 4.86. The lowest BCUT2D eigenvalue weighted by Gasteiger charge is -2.04. The molecule has 0 aliphatic heterocycles. The Morgan fingerprint density at radius 1 is 1.44 bits per heavy atom. The van der Waals surface area contributed by atoms with E-state index in [1.165, 1.54) is 0 Å². The lowest BCUT2D eigenvalue weighted by molar-refractivity contribution is -0.136. The molecule has 0 aliphatic rings. The van der Waals surface area contributed by atoms with Crippen LogP contribution in [0.5, 0.6) is 0 Å². The van der Waals surface area contributed by atoms with Crippen LogP contribution in [0, 0.1) is 0 Å². The standard InChI is InChI=1S/C12H12Cl2O2/c13-6-2-1-3-9-4-5-11(14)7-10(9)8-12(15)16/h1,3-5,7H,2,6,8H2,(H,15,16). The van der Waals surface area contributed by atoms with E-state index in [9.17, 15) is 4.79 Å². The maximum absolute atomic E-state index is 10.7. The van der Waals surface area contributed by atoms with Crippen molar-refractivity contribution in [3.05, 3.63) is 40.4 Å². The Balaban J connectivity index is 2.93. The van der Waals surface area contributed by atoms with Crippen molar-refractivity contribution in [1.82, 2.24) is 0 Å². The zero-order valence-corrected chi connectivity index (χ0v) is 10.1. The van der Waals surface area contributed by atoms with Gasteiger partial charge < -0.3 is 5.11 Å². The van der Waals surface area contributed by atoms with Crippen LogP contribution in [-0.2, 0) is 11.2 Å². The highest BCUT2D eigenvalue weighted by Gasteiger charge is 2.05. The van der Waals surface area contributed by atoms with E-state index in [1.54, 1.807) is 12.1 Å². The van der Waals surface area contributed by atoms with Crippen LogP contribution < -0.4 is 0 Å². The minimum atomic E-state index is -0.866. The van der Waals surface area contributed by atoms with Crippen molar-refractivity contribution in [2.75, 3.05) is 5.88 Å². The maximum Gasteiger partial charge on any atom is 0.307 e. The molecule has 0 radical (unpaired) electrons. The highest BCUT2D eigenvalue weighted by atomic mass is 35.5. The molecule has 16 heavy (non-hydrogen) atoms. The number of allylic oxidation sites excluding steroid dienone is 1. The smallest absolute Gasteiger partial charge is 0.307 e. The molecule has 1 aromatic carbocycles. The fourth-order valence-corrected chi connectivity index (χ4v) is 1.65. The van der Waals surface area contributed by atoms with E-state index in [0.717, 1.165) is 12.0 Å². The number of rotatable bonds is 5. The molecule has 0 saturated carbocycles. The average Bonchev–Trinajstić information content (AvgIpc) is 2.20. The quantitative estimate of drug-likeness (QED) is 0.820. The summed E-state index contributed by atoms with van der Waals surface area (Å²) in [6.07, 6.45) is 4.52. The number of carbonyl (C=O) groups is 1. The van der Waals surface area contributed by atoms with Crippen LogP contribution in [0.4, 0.5) is 0 Å². The van der Waals surface area contributed by atoms with E-state index in [-0.39, 0.29) is 6.42 Å². The van der Waals surface area contributed by atoms with Gasteiger partial charge in [0.05, 0.1) is 6.42 Å². The molecule has 0 heterocycles. The first-order chi connectivity index (χ1) is 7.63. The third kappa shape index (κ3) is 4.25. The molecule has 1 aromatic rings. The van der Waals surface area contributed by atoms with Crippen LogP contribution in [0.15, 0.2) is 24.3 Å². The van der Waals surface area contributed by atoms with E-state index >= 15 is 0 Å². The largest absolute Gasteiger partial charge is 0.481 e. The number of benzene rings is 1. The van der Waals surface area contributed by atoms with Gasteiger partial charge in [0.15, 0.2) is 0 Å². The van der Waals surface area contributed by atoms with Crippen molar-refractivity contribution >= 4 is 35.2 Å². The van der Waals surface area contributed by atoms with E-state index in [4.69, 9.17) is 28.3 Å². The van der Waals surface area contributed by atoms with Crippen molar-refractivity contribution in [3.8, 4) is 0 Å². The molecule has 0 aliphatic carbocycles. The Morgan fingerprint density at radius 3 is 2.81 bits per heavy atom. The monoisotopic (exact) mass is 258 g/mol. The summed E-state index contributed by atoms with van der Waals surface area (Å²) in [5.41, 5.74) is 1.59. The predicted octanol–water partition coefficient (Wildman–Crippen LogP) is 3.61. The Kier molecular flexibility index (Phi) is 5.36. The summed E-state index contributed by atoms with van der Waals surface area (Å²) < 4.78 is 0. The summed E-state index contributed by atoms with van der Waals surface area (Å²) >= 11 is 11.4. The Hall–Kier alpha value is -0.990. The Bertz CT molecular complexity index is 400. The lowest BCUT2D eigenvalue weighted by atomic mass is 10.0. The van der Waals surface area contributed by atoms with Crippen molar-refractivity contribution in [2.45, 2.75) is 12.8 Å². The SMILES string of the molecule is O=C(O)Cc1cc(Cl)ccc1C=CCCCl. The average molecular weight is 259 g/mol. The van der Waals surface area contributed by atoms with Crippen molar-refractivity contribution < 1.29 is 9.90 Å². The molecular formula is C12H12Cl2O2. The Morgan fingerprint density at radius 2 is 2.19 bits per heavy atom. The first-order valence-corrected chi connectivity index (χ1v) is 5.77. The lowest BCUT2D eigenvalue weighted by Crippen LogP contribution is -2.01. The normalized spacial score (nSPS) is 10.9. The highest BCUT2D eigenvalue weighted by Crippen LogP contribution is 2.18. The first kappa shape index (κ1) is 13.1. The molecule has 0 unspecified atom stereocenters. The van der Waals surface area contributed by atoms with Crippen molar-refractivity contribution in [2.24, 2.45) is 0 Å². The molecular weight excluding hydrogens is 247 g/mol. The van der Waals surface area contributed by atoms with Crippen molar-refractivity contribution in [3.63, 3.8) is 0 Å². The minimum absolute atomic E-state index is 0.0267. The third-order valence-corrected chi connectivity index (χ3v) is 2.47. The number of carboxylic acid groups (broad SMARTS) is 1. The van der Waals surface area contributed by atoms with Gasteiger partial charge in [-0.05, 0) is 29.7 Å². The molecule has 1 N–H and O–H groups in total. The minimum Gasteiger partial charge on any atom is -0.481 e. The van der Waals surface area contributed by atoms with Gasteiger partial charge in [-0.1, -0.05) is 29.8 Å². The summed E-state index contributed by atoms with van der Waals surface area (Å²) in [7, 11) is 0. The van der Waals surface area contributed by atoms with Gasteiger partial charge in [0.2, 0.25) is 0 Å². The molecule has 0 atom stereocenters. The molecule has 4 heteroatoms. The van der Waals surface area contributed by atoms with E-state index in [0.29, 0.717) is 16.5 Å². The fraction of sp³-hybridized carbons (Fsp3) is 0.250. The summed E-state index contributed by atoms with van der Waals surface area (Å²) in [6, 6.07) is 5.23. The van der Waals surface area contributed by atoms with Gasteiger partial charge in [-0.2, -0.15) is 0 Å². The second-order valence-electron chi connectivity index (χ2n) is 3.29. The number of hydrogen-bond donors (Lipinski definition) is 1. The second-order valence-corrected chi connectivity index (χ2v) is 4.11. The zero-order valence-electron chi connectivity index (χ0n) is 8.62. The van der Waals surface area contributed by atoms with Crippen LogP contribution >= 0.6 is 23.2 Å². The molecule has 86 valence electrons. The van der Waals surface area contributed by atoms with Gasteiger partial charge in [-0.3, -0.25) is 4.79 Å². The summed E-state index contributed by atoms with van der Waals surface area (Å²) in [5, 5.41) is 9.31. The molecule has 0 amide bonds. The van der Waals surface area contributed by atoms with Gasteiger partial charge in [0.25, 0.3) is 0 Å². The topological polar surface area (TPSA) is 37.3 Å². The number of alkyl halides is 1.